The van der Waals surface area contributed by atoms with Gasteiger partial charge in [0.1, 0.15) is 0 Å². The van der Waals surface area contributed by atoms with Crippen molar-refractivity contribution in [3.63, 3.8) is 0 Å². The van der Waals surface area contributed by atoms with Crippen LogP contribution < -0.4 is 5.32 Å². The van der Waals surface area contributed by atoms with Crippen molar-refractivity contribution in [1.29, 1.82) is 0 Å². The molecule has 1 aromatic rings. The first kappa shape index (κ1) is 13.4. The second-order valence-electron chi connectivity index (χ2n) is 5.66. The van der Waals surface area contributed by atoms with E-state index >= 15 is 0 Å². The van der Waals surface area contributed by atoms with E-state index in [-0.39, 0.29) is 0 Å². The Bertz CT molecular complexity index is 339. The number of likely N-dealkylation sites (tertiary alicyclic amines) is 1. The minimum atomic E-state index is 0.738. The van der Waals surface area contributed by atoms with Gasteiger partial charge < -0.3 is 5.32 Å². The van der Waals surface area contributed by atoms with Gasteiger partial charge in [-0.15, -0.1) is 0 Å². The highest BCUT2D eigenvalue weighted by atomic mass is 15.2. The Morgan fingerprint density at radius 1 is 1.50 bits per heavy atom. The van der Waals surface area contributed by atoms with Crippen LogP contribution >= 0.6 is 0 Å². The Labute approximate surface area is 110 Å². The molecule has 4 nitrogen and oxygen atoms in total. The second kappa shape index (κ2) is 6.81. The van der Waals surface area contributed by atoms with Crippen LogP contribution in [0.25, 0.3) is 0 Å². The van der Waals surface area contributed by atoms with Gasteiger partial charge >= 0.3 is 0 Å². The third-order valence-corrected chi connectivity index (χ3v) is 3.37. The molecule has 0 aromatic carbocycles. The molecule has 0 radical (unpaired) electrons. The lowest BCUT2D eigenvalue weighted by molar-refractivity contribution is 0.308. The predicted octanol–water partition coefficient (Wildman–Crippen LogP) is 1.54. The topological polar surface area (TPSA) is 41.0 Å². The lowest BCUT2D eigenvalue weighted by atomic mass is 10.1. The first-order chi connectivity index (χ1) is 8.74. The monoisotopic (exact) mass is 248 g/mol. The quantitative estimate of drug-likeness (QED) is 0.829. The molecule has 0 aliphatic carbocycles. The summed E-state index contributed by atoms with van der Waals surface area (Å²) in [6.07, 6.45) is 3.03. The van der Waals surface area contributed by atoms with Crippen molar-refractivity contribution >= 4 is 0 Å². The Kier molecular flexibility index (Phi) is 5.08. The highest BCUT2D eigenvalue weighted by Crippen LogP contribution is 2.17. The van der Waals surface area contributed by atoms with E-state index in [1.807, 2.05) is 6.07 Å². The van der Waals surface area contributed by atoms with E-state index < -0.39 is 0 Å². The van der Waals surface area contributed by atoms with Crippen LogP contribution in [0.1, 0.15) is 26.0 Å². The normalized spacial score (nSPS) is 20.7. The highest BCUT2D eigenvalue weighted by Gasteiger charge is 2.22. The summed E-state index contributed by atoms with van der Waals surface area (Å²) in [7, 11) is 0. The minimum Gasteiger partial charge on any atom is -0.316 e. The lowest BCUT2D eigenvalue weighted by Gasteiger charge is -2.16. The van der Waals surface area contributed by atoms with Crippen LogP contribution in [0.15, 0.2) is 18.3 Å². The molecule has 1 saturated heterocycles. The number of hydrogen-bond donors (Lipinski definition) is 1. The van der Waals surface area contributed by atoms with E-state index in [1.54, 1.807) is 6.20 Å². The van der Waals surface area contributed by atoms with Crippen LogP contribution in [0, 0.1) is 11.8 Å². The van der Waals surface area contributed by atoms with E-state index in [1.165, 1.54) is 19.5 Å². The number of aromatic nitrogens is 2. The van der Waals surface area contributed by atoms with Crippen molar-refractivity contribution in [2.75, 3.05) is 26.2 Å². The SMILES string of the molecule is CC(C)CNCC1CCN(Cc2cccnn2)C1. The predicted molar refractivity (Wildman–Crippen MR) is 73.1 cm³/mol. The first-order valence-corrected chi connectivity index (χ1v) is 6.93. The van der Waals surface area contributed by atoms with Crippen LogP contribution in [0.4, 0.5) is 0 Å². The molecule has 4 heteroatoms. The fourth-order valence-corrected chi connectivity index (χ4v) is 2.45. The van der Waals surface area contributed by atoms with Crippen molar-refractivity contribution < 1.29 is 0 Å². The molecule has 0 amide bonds. The smallest absolute Gasteiger partial charge is 0.0771 e. The summed E-state index contributed by atoms with van der Waals surface area (Å²) in [6.45, 7) is 10.1. The van der Waals surface area contributed by atoms with E-state index in [9.17, 15) is 0 Å². The third-order valence-electron chi connectivity index (χ3n) is 3.37. The van der Waals surface area contributed by atoms with Crippen molar-refractivity contribution in [3.05, 3.63) is 24.0 Å². The van der Waals surface area contributed by atoms with Gasteiger partial charge in [-0.3, -0.25) is 4.90 Å². The Morgan fingerprint density at radius 2 is 2.39 bits per heavy atom. The average Bonchev–Trinajstić information content (AvgIpc) is 2.78. The molecule has 1 aromatic heterocycles. The maximum absolute atomic E-state index is 4.15. The standard InChI is InChI=1S/C14H24N4/c1-12(2)8-15-9-13-5-7-18(10-13)11-14-4-3-6-16-17-14/h3-4,6,12-13,15H,5,7-11H2,1-2H3. The highest BCUT2D eigenvalue weighted by molar-refractivity contribution is 4.99. The molecule has 1 N–H and O–H groups in total. The van der Waals surface area contributed by atoms with Crippen LogP contribution in [-0.4, -0.2) is 41.3 Å². The van der Waals surface area contributed by atoms with Gasteiger partial charge in [0.15, 0.2) is 0 Å². The van der Waals surface area contributed by atoms with Crippen molar-refractivity contribution in [3.8, 4) is 0 Å². The summed E-state index contributed by atoms with van der Waals surface area (Å²) in [5.74, 6) is 1.53. The van der Waals surface area contributed by atoms with Gasteiger partial charge in [0.25, 0.3) is 0 Å². The van der Waals surface area contributed by atoms with Gasteiger partial charge in [-0.05, 0) is 50.0 Å². The minimum absolute atomic E-state index is 0.738. The fourth-order valence-electron chi connectivity index (χ4n) is 2.45. The van der Waals surface area contributed by atoms with Gasteiger partial charge in [-0.2, -0.15) is 10.2 Å². The lowest BCUT2D eigenvalue weighted by Crippen LogP contribution is -2.28. The van der Waals surface area contributed by atoms with Gasteiger partial charge in [-0.1, -0.05) is 13.8 Å². The molecule has 0 bridgehead atoms. The maximum atomic E-state index is 4.15. The Hall–Kier alpha value is -1.00. The third kappa shape index (κ3) is 4.35. The summed E-state index contributed by atoms with van der Waals surface area (Å²) >= 11 is 0. The molecule has 1 aliphatic heterocycles. The fraction of sp³-hybridized carbons (Fsp3) is 0.714. The molecule has 2 heterocycles. The second-order valence-corrected chi connectivity index (χ2v) is 5.66. The van der Waals surface area contributed by atoms with Gasteiger partial charge in [-0.25, -0.2) is 0 Å². The maximum Gasteiger partial charge on any atom is 0.0771 e. The van der Waals surface area contributed by atoms with Gasteiger partial charge in [0.05, 0.1) is 5.69 Å². The van der Waals surface area contributed by atoms with Gasteiger partial charge in [0.2, 0.25) is 0 Å². The van der Waals surface area contributed by atoms with E-state index in [4.69, 9.17) is 0 Å². The summed E-state index contributed by atoms with van der Waals surface area (Å²) in [5.41, 5.74) is 1.08. The summed E-state index contributed by atoms with van der Waals surface area (Å²) < 4.78 is 0. The molecule has 18 heavy (non-hydrogen) atoms. The molecule has 0 spiro atoms. The largest absolute Gasteiger partial charge is 0.316 e. The Balaban J connectivity index is 1.69. The molecule has 1 atom stereocenters. The average molecular weight is 248 g/mol. The van der Waals surface area contributed by atoms with Crippen LogP contribution in [0.3, 0.4) is 0 Å². The van der Waals surface area contributed by atoms with Crippen LogP contribution in [0.2, 0.25) is 0 Å². The summed E-state index contributed by atoms with van der Waals surface area (Å²) in [6, 6.07) is 4.01. The van der Waals surface area contributed by atoms with Crippen molar-refractivity contribution in [2.24, 2.45) is 11.8 Å². The van der Waals surface area contributed by atoms with E-state index in [0.29, 0.717) is 0 Å². The molecular formula is C14H24N4. The molecule has 2 rings (SSSR count). The van der Waals surface area contributed by atoms with Crippen molar-refractivity contribution in [2.45, 2.75) is 26.8 Å². The zero-order chi connectivity index (χ0) is 12.8. The number of nitrogens with one attached hydrogen (secondary N) is 1. The van der Waals surface area contributed by atoms with Gasteiger partial charge in [0, 0.05) is 19.3 Å². The number of rotatable bonds is 6. The Morgan fingerprint density at radius 3 is 3.11 bits per heavy atom. The number of hydrogen-bond acceptors (Lipinski definition) is 4. The van der Waals surface area contributed by atoms with E-state index in [2.05, 4.69) is 40.3 Å². The molecule has 1 fully saturated rings. The summed E-state index contributed by atoms with van der Waals surface area (Å²) in [4.78, 5) is 2.48. The van der Waals surface area contributed by atoms with Crippen LogP contribution in [-0.2, 0) is 6.54 Å². The van der Waals surface area contributed by atoms with Crippen LogP contribution in [0.5, 0.6) is 0 Å². The molecule has 1 unspecified atom stereocenters. The first-order valence-electron chi connectivity index (χ1n) is 6.93. The molecule has 1 aliphatic rings. The number of nitrogens with zero attached hydrogens (tertiary/aromatic N) is 3. The molecule has 0 saturated carbocycles. The molecule has 100 valence electrons. The summed E-state index contributed by atoms with van der Waals surface area (Å²) in [5, 5.41) is 11.6. The zero-order valence-corrected chi connectivity index (χ0v) is 11.5. The van der Waals surface area contributed by atoms with Crippen molar-refractivity contribution in [1.82, 2.24) is 20.4 Å². The van der Waals surface area contributed by atoms with E-state index in [0.717, 1.165) is 37.2 Å². The zero-order valence-electron chi connectivity index (χ0n) is 11.5. The molecular weight excluding hydrogens is 224 g/mol.